The molecule has 0 unspecified atom stereocenters. The van der Waals surface area contributed by atoms with Crippen molar-refractivity contribution in [3.8, 4) is 6.07 Å². The molecule has 0 spiro atoms. The van der Waals surface area contributed by atoms with Crippen molar-refractivity contribution in [3.63, 3.8) is 0 Å². The lowest BCUT2D eigenvalue weighted by Gasteiger charge is -2.09. The second kappa shape index (κ2) is 8.76. The van der Waals surface area contributed by atoms with Crippen LogP contribution in [0.2, 0.25) is 5.02 Å². The smallest absolute Gasteiger partial charge is 0.0992 e. The standard InChI is InChI=1S/C13H17ClN2O2/c1-17-6-2-7-18-8-5-16-13-4-3-11(10-15)9-12(13)14/h3-4,9,16H,2,5-8H2,1H3. The number of nitrogens with one attached hydrogen (secondary N) is 1. The van der Waals surface area contributed by atoms with E-state index in [4.69, 9.17) is 26.3 Å². The third-order valence-corrected chi connectivity index (χ3v) is 2.61. The lowest BCUT2D eigenvalue weighted by Crippen LogP contribution is -2.11. The van der Waals surface area contributed by atoms with Crippen molar-refractivity contribution < 1.29 is 9.47 Å². The van der Waals surface area contributed by atoms with Crippen LogP contribution < -0.4 is 5.32 Å². The molecule has 18 heavy (non-hydrogen) atoms. The summed E-state index contributed by atoms with van der Waals surface area (Å²) in [6.07, 6.45) is 0.897. The van der Waals surface area contributed by atoms with Gasteiger partial charge < -0.3 is 14.8 Å². The summed E-state index contributed by atoms with van der Waals surface area (Å²) < 4.78 is 10.3. The van der Waals surface area contributed by atoms with E-state index in [0.29, 0.717) is 30.3 Å². The van der Waals surface area contributed by atoms with Crippen LogP contribution in [0.3, 0.4) is 0 Å². The van der Waals surface area contributed by atoms with Crippen LogP contribution in [0.15, 0.2) is 18.2 Å². The minimum atomic E-state index is 0.549. The fraction of sp³-hybridized carbons (Fsp3) is 0.462. The number of hydrogen-bond donors (Lipinski definition) is 1. The van der Waals surface area contributed by atoms with Gasteiger partial charge in [0.1, 0.15) is 0 Å². The van der Waals surface area contributed by atoms with Crippen LogP contribution in [0.5, 0.6) is 0 Å². The first-order chi connectivity index (χ1) is 8.77. The molecular formula is C13H17ClN2O2. The van der Waals surface area contributed by atoms with Crippen LogP contribution in [-0.2, 0) is 9.47 Å². The van der Waals surface area contributed by atoms with Gasteiger partial charge in [-0.25, -0.2) is 0 Å². The van der Waals surface area contributed by atoms with Gasteiger partial charge in [0.05, 0.1) is 28.9 Å². The Morgan fingerprint density at radius 1 is 1.33 bits per heavy atom. The van der Waals surface area contributed by atoms with E-state index in [1.165, 1.54) is 0 Å². The number of methoxy groups -OCH3 is 1. The van der Waals surface area contributed by atoms with Gasteiger partial charge in [0, 0.05) is 26.9 Å². The maximum absolute atomic E-state index is 8.71. The first-order valence-electron chi connectivity index (χ1n) is 5.78. The molecule has 0 bridgehead atoms. The second-order valence-electron chi connectivity index (χ2n) is 3.69. The summed E-state index contributed by atoms with van der Waals surface area (Å²) in [5, 5.41) is 12.4. The van der Waals surface area contributed by atoms with Gasteiger partial charge in [0.15, 0.2) is 0 Å². The molecular weight excluding hydrogens is 252 g/mol. The Labute approximate surface area is 112 Å². The normalized spacial score (nSPS) is 10.1. The molecule has 0 aliphatic rings. The molecule has 4 nitrogen and oxygen atoms in total. The highest BCUT2D eigenvalue weighted by Gasteiger charge is 2.00. The van der Waals surface area contributed by atoms with Crippen molar-refractivity contribution in [2.45, 2.75) is 6.42 Å². The molecule has 5 heteroatoms. The summed E-state index contributed by atoms with van der Waals surface area (Å²) in [7, 11) is 1.68. The van der Waals surface area contributed by atoms with E-state index in [2.05, 4.69) is 5.32 Å². The van der Waals surface area contributed by atoms with Crippen LogP contribution >= 0.6 is 11.6 Å². The van der Waals surface area contributed by atoms with Gasteiger partial charge in [-0.15, -0.1) is 0 Å². The van der Waals surface area contributed by atoms with Crippen molar-refractivity contribution >= 4 is 17.3 Å². The molecule has 98 valence electrons. The third-order valence-electron chi connectivity index (χ3n) is 2.30. The lowest BCUT2D eigenvalue weighted by atomic mass is 10.2. The van der Waals surface area contributed by atoms with Crippen LogP contribution in [0.1, 0.15) is 12.0 Å². The average Bonchev–Trinajstić information content (AvgIpc) is 2.39. The summed E-state index contributed by atoms with van der Waals surface area (Å²) >= 11 is 6.02. The quantitative estimate of drug-likeness (QED) is 0.737. The number of nitrogens with zero attached hydrogens (tertiary/aromatic N) is 1. The van der Waals surface area contributed by atoms with Gasteiger partial charge in [-0.3, -0.25) is 0 Å². The van der Waals surface area contributed by atoms with Gasteiger partial charge in [-0.2, -0.15) is 5.26 Å². The van der Waals surface area contributed by atoms with E-state index in [1.807, 2.05) is 6.07 Å². The molecule has 0 saturated carbocycles. The molecule has 1 N–H and O–H groups in total. The van der Waals surface area contributed by atoms with Crippen LogP contribution in [0.4, 0.5) is 5.69 Å². The summed E-state index contributed by atoms with van der Waals surface area (Å²) in [6.45, 7) is 2.70. The van der Waals surface area contributed by atoms with E-state index in [9.17, 15) is 0 Å². The molecule has 0 aliphatic heterocycles. The molecule has 0 amide bonds. The van der Waals surface area contributed by atoms with Gasteiger partial charge in [-0.1, -0.05) is 11.6 Å². The molecule has 1 rings (SSSR count). The molecule has 0 radical (unpaired) electrons. The van der Waals surface area contributed by atoms with E-state index >= 15 is 0 Å². The predicted molar refractivity (Wildman–Crippen MR) is 72.0 cm³/mol. The number of benzene rings is 1. The van der Waals surface area contributed by atoms with Crippen molar-refractivity contribution in [3.05, 3.63) is 28.8 Å². The van der Waals surface area contributed by atoms with Crippen molar-refractivity contribution in [2.24, 2.45) is 0 Å². The van der Waals surface area contributed by atoms with E-state index in [0.717, 1.165) is 18.7 Å². The van der Waals surface area contributed by atoms with Crippen LogP contribution in [0, 0.1) is 11.3 Å². The zero-order valence-electron chi connectivity index (χ0n) is 10.4. The number of ether oxygens (including phenoxy) is 2. The Bertz CT molecular complexity index is 404. The fourth-order valence-electron chi connectivity index (χ4n) is 1.39. The van der Waals surface area contributed by atoms with E-state index < -0.39 is 0 Å². The molecule has 0 atom stereocenters. The highest BCUT2D eigenvalue weighted by Crippen LogP contribution is 2.22. The average molecular weight is 269 g/mol. The minimum absolute atomic E-state index is 0.549. The Morgan fingerprint density at radius 3 is 2.83 bits per heavy atom. The van der Waals surface area contributed by atoms with Crippen LogP contribution in [0.25, 0.3) is 0 Å². The van der Waals surface area contributed by atoms with E-state index in [-0.39, 0.29) is 0 Å². The summed E-state index contributed by atoms with van der Waals surface area (Å²) in [5.74, 6) is 0. The Balaban J connectivity index is 2.21. The number of rotatable bonds is 8. The summed E-state index contributed by atoms with van der Waals surface area (Å²) in [5.41, 5.74) is 1.37. The number of nitriles is 1. The summed E-state index contributed by atoms with van der Waals surface area (Å²) in [6, 6.07) is 7.21. The summed E-state index contributed by atoms with van der Waals surface area (Å²) in [4.78, 5) is 0. The predicted octanol–water partition coefficient (Wildman–Crippen LogP) is 2.68. The fourth-order valence-corrected chi connectivity index (χ4v) is 1.64. The lowest BCUT2D eigenvalue weighted by molar-refractivity contribution is 0.109. The third kappa shape index (κ3) is 5.37. The largest absolute Gasteiger partial charge is 0.385 e. The molecule has 0 fully saturated rings. The second-order valence-corrected chi connectivity index (χ2v) is 4.10. The molecule has 1 aromatic carbocycles. The zero-order valence-corrected chi connectivity index (χ0v) is 11.2. The Hall–Kier alpha value is -1.28. The Morgan fingerprint density at radius 2 is 2.17 bits per heavy atom. The molecule has 0 aromatic heterocycles. The maximum atomic E-state index is 8.71. The topological polar surface area (TPSA) is 54.3 Å². The van der Waals surface area contributed by atoms with Gasteiger partial charge >= 0.3 is 0 Å². The number of hydrogen-bond acceptors (Lipinski definition) is 4. The van der Waals surface area contributed by atoms with Gasteiger partial charge in [0.2, 0.25) is 0 Å². The number of anilines is 1. The highest BCUT2D eigenvalue weighted by molar-refractivity contribution is 6.33. The highest BCUT2D eigenvalue weighted by atomic mass is 35.5. The SMILES string of the molecule is COCCCOCCNc1ccc(C#N)cc1Cl. The van der Waals surface area contributed by atoms with Crippen LogP contribution in [-0.4, -0.2) is 33.5 Å². The van der Waals surface area contributed by atoms with Crippen molar-refractivity contribution in [1.29, 1.82) is 5.26 Å². The monoisotopic (exact) mass is 268 g/mol. The first-order valence-corrected chi connectivity index (χ1v) is 6.16. The number of halogens is 1. The van der Waals surface area contributed by atoms with Gasteiger partial charge in [-0.05, 0) is 24.6 Å². The Kier molecular flexibility index (Phi) is 7.19. The minimum Gasteiger partial charge on any atom is -0.385 e. The van der Waals surface area contributed by atoms with E-state index in [1.54, 1.807) is 25.3 Å². The molecule has 0 heterocycles. The molecule has 0 saturated heterocycles. The first kappa shape index (κ1) is 14.8. The maximum Gasteiger partial charge on any atom is 0.0992 e. The molecule has 0 aliphatic carbocycles. The van der Waals surface area contributed by atoms with Crippen molar-refractivity contribution in [1.82, 2.24) is 0 Å². The van der Waals surface area contributed by atoms with Crippen molar-refractivity contribution in [2.75, 3.05) is 38.8 Å². The van der Waals surface area contributed by atoms with Gasteiger partial charge in [0.25, 0.3) is 0 Å². The molecule has 1 aromatic rings. The zero-order chi connectivity index (χ0) is 13.2.